The Morgan fingerprint density at radius 2 is 1.73 bits per heavy atom. The molecule has 3 aromatic rings. The number of aliphatic carboxylic acids is 1. The fourth-order valence-electron chi connectivity index (χ4n) is 3.41. The standard InChI is InChI=1S/C24H25N3O6/c1-4-24(23(30)31,22(29)25-15-20-14-16(2)32-26-20)27(3)33-21(28)19-12-10-18(11-13-19)17-8-6-5-7-9-17/h5-14H,4,15H2,1-3H3,(H,25,29)(H,30,31)/t24-/m1/s1. The van der Waals surface area contributed by atoms with Crippen molar-refractivity contribution < 1.29 is 28.9 Å². The van der Waals surface area contributed by atoms with E-state index in [1.807, 2.05) is 30.3 Å². The smallest absolute Gasteiger partial charge is 0.357 e. The molecule has 1 heterocycles. The lowest BCUT2D eigenvalue weighted by Crippen LogP contribution is -2.62. The number of amides is 1. The second-order valence-electron chi connectivity index (χ2n) is 7.45. The first-order chi connectivity index (χ1) is 15.8. The second kappa shape index (κ2) is 10.1. The van der Waals surface area contributed by atoms with Crippen LogP contribution in [-0.4, -0.2) is 45.8 Å². The summed E-state index contributed by atoms with van der Waals surface area (Å²) in [4.78, 5) is 43.0. The highest BCUT2D eigenvalue weighted by molar-refractivity contribution is 6.06. The summed E-state index contributed by atoms with van der Waals surface area (Å²) in [6, 6.07) is 18.0. The maximum Gasteiger partial charge on any atom is 0.357 e. The van der Waals surface area contributed by atoms with Gasteiger partial charge in [0.1, 0.15) is 11.5 Å². The van der Waals surface area contributed by atoms with Gasteiger partial charge in [0, 0.05) is 13.1 Å². The fourth-order valence-corrected chi connectivity index (χ4v) is 3.41. The van der Waals surface area contributed by atoms with Crippen LogP contribution in [-0.2, 0) is 21.0 Å². The topological polar surface area (TPSA) is 122 Å². The third-order valence-electron chi connectivity index (χ3n) is 5.33. The van der Waals surface area contributed by atoms with Gasteiger partial charge in [0.25, 0.3) is 5.91 Å². The number of hydrogen-bond donors (Lipinski definition) is 2. The number of aryl methyl sites for hydroxylation is 1. The monoisotopic (exact) mass is 451 g/mol. The molecule has 1 amide bonds. The minimum Gasteiger partial charge on any atom is -0.479 e. The number of carboxylic acids is 1. The molecule has 3 rings (SSSR count). The SMILES string of the molecule is CC[C@](C(=O)O)(C(=O)NCc1cc(C)on1)N(C)OC(=O)c1ccc(-c2ccccc2)cc1. The molecule has 33 heavy (non-hydrogen) atoms. The molecule has 0 radical (unpaired) electrons. The number of hydrogen-bond acceptors (Lipinski definition) is 7. The molecule has 9 nitrogen and oxygen atoms in total. The average Bonchev–Trinajstić information content (AvgIpc) is 3.24. The first kappa shape index (κ1) is 23.7. The number of likely N-dealkylation sites (N-methyl/N-ethyl adjacent to an activating group) is 1. The van der Waals surface area contributed by atoms with Crippen molar-refractivity contribution in [2.24, 2.45) is 0 Å². The van der Waals surface area contributed by atoms with E-state index in [-0.39, 0.29) is 18.5 Å². The lowest BCUT2D eigenvalue weighted by atomic mass is 9.94. The van der Waals surface area contributed by atoms with E-state index in [0.29, 0.717) is 11.5 Å². The molecule has 0 fully saturated rings. The number of benzene rings is 2. The highest BCUT2D eigenvalue weighted by Gasteiger charge is 2.51. The van der Waals surface area contributed by atoms with E-state index in [1.54, 1.807) is 37.3 Å². The number of hydroxylamine groups is 2. The third-order valence-corrected chi connectivity index (χ3v) is 5.33. The fraction of sp³-hybridized carbons (Fsp3) is 0.250. The molecule has 0 aliphatic carbocycles. The van der Waals surface area contributed by atoms with Crippen LogP contribution in [0.4, 0.5) is 0 Å². The van der Waals surface area contributed by atoms with Crippen LogP contribution in [0.1, 0.15) is 35.2 Å². The zero-order chi connectivity index (χ0) is 24.0. The summed E-state index contributed by atoms with van der Waals surface area (Å²) in [7, 11) is 1.24. The van der Waals surface area contributed by atoms with Crippen LogP contribution < -0.4 is 5.32 Å². The number of carbonyl (C=O) groups is 3. The normalized spacial score (nSPS) is 12.7. The van der Waals surface area contributed by atoms with Crippen molar-refractivity contribution in [3.8, 4) is 11.1 Å². The quantitative estimate of drug-likeness (QED) is 0.376. The van der Waals surface area contributed by atoms with E-state index in [0.717, 1.165) is 16.2 Å². The molecule has 0 saturated heterocycles. The molecule has 2 aromatic carbocycles. The molecule has 0 saturated carbocycles. The highest BCUT2D eigenvalue weighted by atomic mass is 16.7. The molecule has 0 spiro atoms. The molecule has 1 atom stereocenters. The molecule has 0 bridgehead atoms. The Labute approximate surface area is 190 Å². The van der Waals surface area contributed by atoms with Crippen LogP contribution in [0.2, 0.25) is 0 Å². The van der Waals surface area contributed by atoms with Crippen LogP contribution >= 0.6 is 0 Å². The van der Waals surface area contributed by atoms with Crippen molar-refractivity contribution in [2.75, 3.05) is 7.05 Å². The van der Waals surface area contributed by atoms with E-state index >= 15 is 0 Å². The lowest BCUT2D eigenvalue weighted by molar-refractivity contribution is -0.193. The predicted octanol–water partition coefficient (Wildman–Crippen LogP) is 3.20. The number of rotatable bonds is 9. The number of carboxylic acid groups (broad SMARTS) is 1. The van der Waals surface area contributed by atoms with Crippen molar-refractivity contribution in [1.29, 1.82) is 0 Å². The summed E-state index contributed by atoms with van der Waals surface area (Å²) in [5.74, 6) is -2.51. The molecule has 0 aliphatic rings. The van der Waals surface area contributed by atoms with Crippen LogP contribution in [0.3, 0.4) is 0 Å². The van der Waals surface area contributed by atoms with Crippen LogP contribution in [0.5, 0.6) is 0 Å². The van der Waals surface area contributed by atoms with Crippen molar-refractivity contribution in [2.45, 2.75) is 32.4 Å². The molecule has 2 N–H and O–H groups in total. The molecule has 0 aliphatic heterocycles. The zero-order valence-corrected chi connectivity index (χ0v) is 18.6. The van der Waals surface area contributed by atoms with E-state index in [2.05, 4.69) is 10.5 Å². The lowest BCUT2D eigenvalue weighted by Gasteiger charge is -2.34. The Morgan fingerprint density at radius 1 is 1.09 bits per heavy atom. The summed E-state index contributed by atoms with van der Waals surface area (Å²) >= 11 is 0. The minimum absolute atomic E-state index is 0.0338. The molecular weight excluding hydrogens is 426 g/mol. The molecule has 0 unspecified atom stereocenters. The number of carbonyl (C=O) groups excluding carboxylic acids is 2. The maximum atomic E-state index is 12.9. The van der Waals surface area contributed by atoms with Gasteiger partial charge in [-0.3, -0.25) is 4.79 Å². The molecule has 172 valence electrons. The number of nitrogens with zero attached hydrogens (tertiary/aromatic N) is 2. The predicted molar refractivity (Wildman–Crippen MR) is 119 cm³/mol. The van der Waals surface area contributed by atoms with E-state index in [1.165, 1.54) is 14.0 Å². The van der Waals surface area contributed by atoms with Gasteiger partial charge in [-0.2, -0.15) is 0 Å². The van der Waals surface area contributed by atoms with E-state index in [9.17, 15) is 19.5 Å². The molecule has 1 aromatic heterocycles. The van der Waals surface area contributed by atoms with Crippen molar-refractivity contribution in [1.82, 2.24) is 15.5 Å². The van der Waals surface area contributed by atoms with Crippen LogP contribution in [0, 0.1) is 6.92 Å². The number of aromatic nitrogens is 1. The Bertz CT molecular complexity index is 1130. The Kier molecular flexibility index (Phi) is 7.24. The minimum atomic E-state index is -2.13. The van der Waals surface area contributed by atoms with E-state index < -0.39 is 23.4 Å². The van der Waals surface area contributed by atoms with Gasteiger partial charge in [0.2, 0.25) is 5.54 Å². The van der Waals surface area contributed by atoms with Gasteiger partial charge in [-0.1, -0.05) is 54.5 Å². The molecule has 9 heteroatoms. The van der Waals surface area contributed by atoms with Gasteiger partial charge in [-0.15, -0.1) is 5.06 Å². The van der Waals surface area contributed by atoms with Crippen molar-refractivity contribution in [3.05, 3.63) is 77.7 Å². The largest absolute Gasteiger partial charge is 0.479 e. The van der Waals surface area contributed by atoms with Gasteiger partial charge in [0.15, 0.2) is 0 Å². The van der Waals surface area contributed by atoms with Crippen LogP contribution in [0.15, 0.2) is 65.2 Å². The van der Waals surface area contributed by atoms with Gasteiger partial charge in [-0.05, 0) is 36.6 Å². The van der Waals surface area contributed by atoms with Crippen molar-refractivity contribution >= 4 is 17.8 Å². The zero-order valence-electron chi connectivity index (χ0n) is 18.6. The summed E-state index contributed by atoms with van der Waals surface area (Å²) in [6.45, 7) is 3.19. The van der Waals surface area contributed by atoms with E-state index in [4.69, 9.17) is 9.36 Å². The first-order valence-corrected chi connectivity index (χ1v) is 10.3. The van der Waals surface area contributed by atoms with Gasteiger partial charge in [0.05, 0.1) is 12.1 Å². The summed E-state index contributed by atoms with van der Waals surface area (Å²) < 4.78 is 4.94. The summed E-state index contributed by atoms with van der Waals surface area (Å²) in [6.07, 6.45) is -0.150. The van der Waals surface area contributed by atoms with Crippen LogP contribution in [0.25, 0.3) is 11.1 Å². The summed E-state index contributed by atoms with van der Waals surface area (Å²) in [5, 5.41) is 17.0. The van der Waals surface area contributed by atoms with Gasteiger partial charge in [-0.25, -0.2) is 9.59 Å². The average molecular weight is 451 g/mol. The van der Waals surface area contributed by atoms with Gasteiger partial charge < -0.3 is 19.8 Å². The first-order valence-electron chi connectivity index (χ1n) is 10.3. The Hall–Kier alpha value is -3.98. The third kappa shape index (κ3) is 5.09. The maximum absolute atomic E-state index is 12.9. The Balaban J connectivity index is 1.73. The van der Waals surface area contributed by atoms with Gasteiger partial charge >= 0.3 is 11.9 Å². The number of nitrogens with one attached hydrogen (secondary N) is 1. The molecular formula is C24H25N3O6. The summed E-state index contributed by atoms with van der Waals surface area (Å²) in [5.41, 5.74) is 0.434. The van der Waals surface area contributed by atoms with Crippen molar-refractivity contribution in [3.63, 3.8) is 0 Å². The highest BCUT2D eigenvalue weighted by Crippen LogP contribution is 2.23. The Morgan fingerprint density at radius 3 is 2.27 bits per heavy atom. The second-order valence-corrected chi connectivity index (χ2v) is 7.45.